The second kappa shape index (κ2) is 6.76. The lowest BCUT2D eigenvalue weighted by molar-refractivity contribution is 0.00592. The highest BCUT2D eigenvalue weighted by Crippen LogP contribution is 2.32. The Morgan fingerprint density at radius 3 is 2.30 bits per heavy atom. The number of hydrazine groups is 1. The molecular formula is C17H33N3. The molecule has 3 nitrogen and oxygen atoms in total. The summed E-state index contributed by atoms with van der Waals surface area (Å²) in [6, 6.07) is 2.90. The predicted molar refractivity (Wildman–Crippen MR) is 84.5 cm³/mol. The number of nitrogens with one attached hydrogen (secondary N) is 2. The molecule has 3 rings (SSSR count). The quantitative estimate of drug-likeness (QED) is 0.831. The zero-order valence-corrected chi connectivity index (χ0v) is 13.4. The molecule has 1 saturated carbocycles. The first-order valence-corrected chi connectivity index (χ1v) is 9.03. The number of nitrogens with zero attached hydrogens (tertiary/aromatic N) is 1. The molecule has 0 aromatic heterocycles. The molecule has 5 atom stereocenters. The van der Waals surface area contributed by atoms with E-state index in [1.165, 1.54) is 64.3 Å². The van der Waals surface area contributed by atoms with Crippen LogP contribution in [0, 0.1) is 5.92 Å². The third kappa shape index (κ3) is 3.20. The summed E-state index contributed by atoms with van der Waals surface area (Å²) in [7, 11) is 0. The Hall–Kier alpha value is -0.120. The fraction of sp³-hybridized carbons (Fsp3) is 1.00. The van der Waals surface area contributed by atoms with Crippen LogP contribution in [0.3, 0.4) is 0 Å². The largest absolute Gasteiger partial charge is 0.314 e. The van der Waals surface area contributed by atoms with Crippen molar-refractivity contribution >= 4 is 0 Å². The van der Waals surface area contributed by atoms with Gasteiger partial charge in [-0.2, -0.15) is 0 Å². The maximum atomic E-state index is 3.98. The molecule has 0 bridgehead atoms. The van der Waals surface area contributed by atoms with Gasteiger partial charge in [-0.05, 0) is 64.8 Å². The van der Waals surface area contributed by atoms with E-state index in [2.05, 4.69) is 29.6 Å². The van der Waals surface area contributed by atoms with Gasteiger partial charge in [0.05, 0.1) is 0 Å². The van der Waals surface area contributed by atoms with Crippen molar-refractivity contribution in [2.45, 2.75) is 95.8 Å². The van der Waals surface area contributed by atoms with Crippen LogP contribution in [-0.4, -0.2) is 35.7 Å². The van der Waals surface area contributed by atoms with Crippen LogP contribution in [0.15, 0.2) is 0 Å². The van der Waals surface area contributed by atoms with E-state index in [1.54, 1.807) is 0 Å². The van der Waals surface area contributed by atoms with Crippen LogP contribution < -0.4 is 10.7 Å². The summed E-state index contributed by atoms with van der Waals surface area (Å²) in [5.74, 6) is 0.854. The second-order valence-electron chi connectivity index (χ2n) is 7.42. The van der Waals surface area contributed by atoms with E-state index in [0.717, 1.165) is 12.0 Å². The van der Waals surface area contributed by atoms with Crippen molar-refractivity contribution in [1.29, 1.82) is 0 Å². The number of rotatable bonds is 3. The lowest BCUT2D eigenvalue weighted by atomic mass is 9.79. The van der Waals surface area contributed by atoms with Gasteiger partial charge in [-0.25, -0.2) is 5.01 Å². The molecule has 2 N–H and O–H groups in total. The van der Waals surface area contributed by atoms with Gasteiger partial charge in [-0.3, -0.25) is 5.43 Å². The molecule has 0 spiro atoms. The average molecular weight is 279 g/mol. The highest BCUT2D eigenvalue weighted by atomic mass is 15.5. The molecule has 2 saturated heterocycles. The minimum absolute atomic E-state index is 0.706. The fourth-order valence-corrected chi connectivity index (χ4v) is 4.75. The first-order chi connectivity index (χ1) is 9.75. The van der Waals surface area contributed by atoms with Crippen molar-refractivity contribution in [1.82, 2.24) is 15.8 Å². The lowest BCUT2D eigenvalue weighted by Gasteiger charge is -2.45. The summed E-state index contributed by atoms with van der Waals surface area (Å²) in [5.41, 5.74) is 3.98. The van der Waals surface area contributed by atoms with Gasteiger partial charge in [-0.15, -0.1) is 0 Å². The van der Waals surface area contributed by atoms with E-state index in [-0.39, 0.29) is 0 Å². The van der Waals surface area contributed by atoms with E-state index in [0.29, 0.717) is 18.1 Å². The van der Waals surface area contributed by atoms with Crippen LogP contribution in [0.4, 0.5) is 0 Å². The van der Waals surface area contributed by atoms with Gasteiger partial charge in [0.25, 0.3) is 0 Å². The van der Waals surface area contributed by atoms with Crippen LogP contribution in [0.2, 0.25) is 0 Å². The minimum atomic E-state index is 0.706. The summed E-state index contributed by atoms with van der Waals surface area (Å²) < 4.78 is 0. The van der Waals surface area contributed by atoms with Gasteiger partial charge in [0.15, 0.2) is 0 Å². The summed E-state index contributed by atoms with van der Waals surface area (Å²) >= 11 is 0. The Bertz CT molecular complexity index is 291. The second-order valence-corrected chi connectivity index (χ2v) is 7.42. The van der Waals surface area contributed by atoms with Crippen molar-refractivity contribution in [2.24, 2.45) is 5.92 Å². The Morgan fingerprint density at radius 1 is 0.850 bits per heavy atom. The Morgan fingerprint density at radius 2 is 1.60 bits per heavy atom. The van der Waals surface area contributed by atoms with E-state index < -0.39 is 0 Å². The molecular weight excluding hydrogens is 246 g/mol. The summed E-state index contributed by atoms with van der Waals surface area (Å²) in [6.45, 7) is 6.03. The molecule has 0 amide bonds. The fourth-order valence-electron chi connectivity index (χ4n) is 4.75. The summed E-state index contributed by atoms with van der Waals surface area (Å²) in [4.78, 5) is 0. The van der Waals surface area contributed by atoms with Crippen LogP contribution in [0.5, 0.6) is 0 Å². The van der Waals surface area contributed by atoms with Gasteiger partial charge < -0.3 is 5.32 Å². The molecule has 0 aromatic carbocycles. The standard InChI is InChI=1S/C17H33N3/c1-13-7-5-8-14(2)20(13)19-17-10-4-3-9-15(17)16-11-6-12-18-16/h13-19H,3-12H2,1-2H3. The average Bonchev–Trinajstić information content (AvgIpc) is 2.97. The Labute approximate surface area is 124 Å². The molecule has 20 heavy (non-hydrogen) atoms. The molecule has 0 aromatic rings. The first kappa shape index (κ1) is 14.8. The highest BCUT2D eigenvalue weighted by molar-refractivity contribution is 4.92. The zero-order valence-electron chi connectivity index (χ0n) is 13.4. The molecule has 116 valence electrons. The van der Waals surface area contributed by atoms with E-state index in [4.69, 9.17) is 0 Å². The maximum absolute atomic E-state index is 3.98. The van der Waals surface area contributed by atoms with E-state index in [9.17, 15) is 0 Å². The Balaban J connectivity index is 1.63. The van der Waals surface area contributed by atoms with Crippen molar-refractivity contribution in [2.75, 3.05) is 6.54 Å². The molecule has 2 heterocycles. The van der Waals surface area contributed by atoms with Crippen LogP contribution in [0.1, 0.15) is 71.6 Å². The molecule has 5 unspecified atom stereocenters. The maximum Gasteiger partial charge on any atom is 0.0258 e. The summed E-state index contributed by atoms with van der Waals surface area (Å²) in [5, 5.41) is 6.36. The van der Waals surface area contributed by atoms with Crippen LogP contribution in [0.25, 0.3) is 0 Å². The number of hydrogen-bond donors (Lipinski definition) is 2. The SMILES string of the molecule is CC1CCCC(C)N1NC1CCCCC1C1CCCN1. The third-order valence-corrected chi connectivity index (χ3v) is 5.94. The van der Waals surface area contributed by atoms with Gasteiger partial charge in [0, 0.05) is 24.2 Å². The normalized spacial score (nSPS) is 43.8. The highest BCUT2D eigenvalue weighted by Gasteiger charge is 2.36. The van der Waals surface area contributed by atoms with E-state index >= 15 is 0 Å². The number of hydrogen-bond acceptors (Lipinski definition) is 3. The first-order valence-electron chi connectivity index (χ1n) is 9.03. The van der Waals surface area contributed by atoms with E-state index in [1.807, 2.05) is 0 Å². The van der Waals surface area contributed by atoms with Gasteiger partial charge in [0.2, 0.25) is 0 Å². The molecule has 3 heteroatoms. The number of piperidine rings is 1. The lowest BCUT2D eigenvalue weighted by Crippen LogP contribution is -2.59. The monoisotopic (exact) mass is 279 g/mol. The van der Waals surface area contributed by atoms with Gasteiger partial charge in [-0.1, -0.05) is 19.3 Å². The van der Waals surface area contributed by atoms with Crippen molar-refractivity contribution < 1.29 is 0 Å². The zero-order chi connectivity index (χ0) is 13.9. The van der Waals surface area contributed by atoms with Crippen LogP contribution in [-0.2, 0) is 0 Å². The van der Waals surface area contributed by atoms with Crippen molar-refractivity contribution in [3.05, 3.63) is 0 Å². The predicted octanol–water partition coefficient (Wildman–Crippen LogP) is 3.06. The van der Waals surface area contributed by atoms with Gasteiger partial charge in [0.1, 0.15) is 0 Å². The van der Waals surface area contributed by atoms with Gasteiger partial charge >= 0.3 is 0 Å². The van der Waals surface area contributed by atoms with Crippen LogP contribution >= 0.6 is 0 Å². The molecule has 1 aliphatic carbocycles. The molecule has 3 aliphatic rings. The van der Waals surface area contributed by atoms with Crippen molar-refractivity contribution in [3.63, 3.8) is 0 Å². The smallest absolute Gasteiger partial charge is 0.0258 e. The minimum Gasteiger partial charge on any atom is -0.314 e. The third-order valence-electron chi connectivity index (χ3n) is 5.94. The summed E-state index contributed by atoms with van der Waals surface area (Å²) in [6.07, 6.45) is 12.5. The Kier molecular flexibility index (Phi) is 5.00. The molecule has 2 aliphatic heterocycles. The molecule has 3 fully saturated rings. The van der Waals surface area contributed by atoms with Crippen molar-refractivity contribution in [3.8, 4) is 0 Å². The topological polar surface area (TPSA) is 27.3 Å². The molecule has 0 radical (unpaired) electrons.